The maximum atomic E-state index is 11.4. The summed E-state index contributed by atoms with van der Waals surface area (Å²) in [6.07, 6.45) is -0.914. The first-order valence-electron chi connectivity index (χ1n) is 4.97. The minimum atomic E-state index is -0.914. The first-order valence-corrected chi connectivity index (χ1v) is 5.72. The van der Waals surface area contributed by atoms with Crippen LogP contribution in [0, 0.1) is 0 Å². The fourth-order valence-electron chi connectivity index (χ4n) is 1.07. The molecule has 1 rings (SSSR count). The molecule has 0 aromatic heterocycles. The van der Waals surface area contributed by atoms with Crippen LogP contribution in [0.2, 0.25) is 10.0 Å². The van der Waals surface area contributed by atoms with Gasteiger partial charge in [-0.25, -0.2) is 4.79 Å². The summed E-state index contributed by atoms with van der Waals surface area (Å²) in [7, 11) is 0. The van der Waals surface area contributed by atoms with Crippen molar-refractivity contribution in [2.24, 2.45) is 5.73 Å². The molecule has 0 saturated heterocycles. The number of hydrogen-bond acceptors (Lipinski definition) is 4. The summed E-state index contributed by atoms with van der Waals surface area (Å²) in [6, 6.07) is 4.59. The molecule has 5 nitrogen and oxygen atoms in total. The molecule has 1 aromatic carbocycles. The molecule has 0 saturated carbocycles. The second-order valence-electron chi connectivity index (χ2n) is 3.41. The monoisotopic (exact) mass is 291 g/mol. The Morgan fingerprint density at radius 3 is 2.61 bits per heavy atom. The zero-order chi connectivity index (χ0) is 13.7. The van der Waals surface area contributed by atoms with Gasteiger partial charge in [-0.2, -0.15) is 0 Å². The van der Waals surface area contributed by atoms with Crippen molar-refractivity contribution in [3.05, 3.63) is 28.2 Å². The van der Waals surface area contributed by atoms with Crippen molar-refractivity contribution in [1.82, 2.24) is 0 Å². The zero-order valence-electron chi connectivity index (χ0n) is 9.48. The number of ether oxygens (including phenoxy) is 2. The highest BCUT2D eigenvalue weighted by molar-refractivity contribution is 6.35. The van der Waals surface area contributed by atoms with E-state index in [1.807, 2.05) is 0 Å². The number of rotatable bonds is 5. The van der Waals surface area contributed by atoms with E-state index < -0.39 is 24.6 Å². The number of hydrogen-bond donors (Lipinski definition) is 1. The summed E-state index contributed by atoms with van der Waals surface area (Å²) in [4.78, 5) is 21.9. The van der Waals surface area contributed by atoms with Crippen LogP contribution < -0.4 is 10.5 Å². The zero-order valence-corrected chi connectivity index (χ0v) is 11.0. The molecule has 0 unspecified atom stereocenters. The van der Waals surface area contributed by atoms with Crippen molar-refractivity contribution in [2.45, 2.75) is 13.0 Å². The summed E-state index contributed by atoms with van der Waals surface area (Å²) >= 11 is 11.6. The van der Waals surface area contributed by atoms with E-state index in [9.17, 15) is 9.59 Å². The molecule has 98 valence electrons. The molecule has 0 fully saturated rings. The third-order valence-electron chi connectivity index (χ3n) is 1.89. The van der Waals surface area contributed by atoms with Crippen LogP contribution in [0.4, 0.5) is 0 Å². The molecule has 1 aromatic rings. The number of esters is 1. The van der Waals surface area contributed by atoms with Crippen LogP contribution in [0.5, 0.6) is 5.75 Å². The van der Waals surface area contributed by atoms with Crippen molar-refractivity contribution < 1.29 is 19.1 Å². The normalized spacial score (nSPS) is 11.7. The van der Waals surface area contributed by atoms with Crippen molar-refractivity contribution in [1.29, 1.82) is 0 Å². The molecule has 0 aliphatic heterocycles. The van der Waals surface area contributed by atoms with Crippen molar-refractivity contribution in [3.63, 3.8) is 0 Å². The van der Waals surface area contributed by atoms with E-state index in [-0.39, 0.29) is 5.02 Å². The van der Waals surface area contributed by atoms with Crippen LogP contribution in [0.1, 0.15) is 6.92 Å². The predicted octanol–water partition coefficient (Wildman–Crippen LogP) is 1.79. The molecule has 0 aliphatic rings. The van der Waals surface area contributed by atoms with E-state index in [0.29, 0.717) is 10.8 Å². The second-order valence-corrected chi connectivity index (χ2v) is 4.25. The smallest absolute Gasteiger partial charge is 0.347 e. The van der Waals surface area contributed by atoms with Crippen molar-refractivity contribution in [3.8, 4) is 5.75 Å². The summed E-state index contributed by atoms with van der Waals surface area (Å²) < 4.78 is 9.87. The summed E-state index contributed by atoms with van der Waals surface area (Å²) in [6.45, 7) is 0.981. The van der Waals surface area contributed by atoms with Gasteiger partial charge < -0.3 is 15.2 Å². The van der Waals surface area contributed by atoms with Crippen molar-refractivity contribution in [2.75, 3.05) is 6.61 Å². The molecule has 7 heteroatoms. The summed E-state index contributed by atoms with van der Waals surface area (Å²) in [5.74, 6) is -1.15. The number of halogens is 2. The SMILES string of the molecule is C[C@H](Oc1ccc(Cl)cc1Cl)C(=O)OCC(N)=O. The van der Waals surface area contributed by atoms with Gasteiger partial charge in [-0.05, 0) is 25.1 Å². The molecule has 2 N–H and O–H groups in total. The Kier molecular flexibility index (Phi) is 5.25. The van der Waals surface area contributed by atoms with Gasteiger partial charge >= 0.3 is 5.97 Å². The molecular weight excluding hydrogens is 281 g/mol. The maximum absolute atomic E-state index is 11.4. The molecule has 0 spiro atoms. The minimum absolute atomic E-state index is 0.275. The average molecular weight is 292 g/mol. The third-order valence-corrected chi connectivity index (χ3v) is 2.42. The van der Waals surface area contributed by atoms with Crippen LogP contribution in [0.3, 0.4) is 0 Å². The number of carbonyl (C=O) groups is 2. The van der Waals surface area contributed by atoms with Gasteiger partial charge in [0.2, 0.25) is 0 Å². The topological polar surface area (TPSA) is 78.6 Å². The van der Waals surface area contributed by atoms with Gasteiger partial charge in [0.15, 0.2) is 12.7 Å². The lowest BCUT2D eigenvalue weighted by atomic mass is 10.3. The lowest BCUT2D eigenvalue weighted by Crippen LogP contribution is -2.30. The Balaban J connectivity index is 2.60. The Morgan fingerprint density at radius 2 is 2.06 bits per heavy atom. The van der Waals surface area contributed by atoms with Gasteiger partial charge in [-0.3, -0.25) is 4.79 Å². The van der Waals surface area contributed by atoms with Crippen LogP contribution in [0.25, 0.3) is 0 Å². The van der Waals surface area contributed by atoms with Gasteiger partial charge in [0.1, 0.15) is 5.75 Å². The van der Waals surface area contributed by atoms with Crippen LogP contribution in [-0.2, 0) is 14.3 Å². The van der Waals surface area contributed by atoms with E-state index in [4.69, 9.17) is 33.7 Å². The molecule has 0 radical (unpaired) electrons. The molecule has 0 aliphatic carbocycles. The number of primary amides is 1. The molecule has 0 heterocycles. The van der Waals surface area contributed by atoms with Crippen LogP contribution >= 0.6 is 23.2 Å². The van der Waals surface area contributed by atoms with E-state index in [1.165, 1.54) is 19.1 Å². The molecule has 0 bridgehead atoms. The molecule has 1 atom stereocenters. The molecule has 1 amide bonds. The standard InChI is InChI=1S/C11H11Cl2NO4/c1-6(11(16)17-5-10(14)15)18-9-3-2-7(12)4-8(9)13/h2-4,6H,5H2,1H3,(H2,14,15)/t6-/m0/s1. The Morgan fingerprint density at radius 1 is 1.39 bits per heavy atom. The van der Waals surface area contributed by atoms with Crippen LogP contribution in [0.15, 0.2) is 18.2 Å². The van der Waals surface area contributed by atoms with E-state index in [0.717, 1.165) is 0 Å². The number of amides is 1. The fourth-order valence-corrected chi connectivity index (χ4v) is 1.52. The van der Waals surface area contributed by atoms with Gasteiger partial charge in [0, 0.05) is 5.02 Å². The quantitative estimate of drug-likeness (QED) is 0.839. The number of carbonyl (C=O) groups excluding carboxylic acids is 2. The average Bonchev–Trinajstić information content (AvgIpc) is 2.29. The Labute approximate surface area is 114 Å². The van der Waals surface area contributed by atoms with Gasteiger partial charge in [-0.1, -0.05) is 23.2 Å². The Hall–Kier alpha value is -1.46. The first-order chi connectivity index (χ1) is 8.40. The highest BCUT2D eigenvalue weighted by Crippen LogP contribution is 2.28. The first kappa shape index (κ1) is 14.6. The third kappa shape index (κ3) is 4.43. The number of benzene rings is 1. The maximum Gasteiger partial charge on any atom is 0.347 e. The van der Waals surface area contributed by atoms with Gasteiger partial charge in [0.25, 0.3) is 5.91 Å². The van der Waals surface area contributed by atoms with E-state index in [2.05, 4.69) is 4.74 Å². The lowest BCUT2D eigenvalue weighted by Gasteiger charge is -2.14. The highest BCUT2D eigenvalue weighted by atomic mass is 35.5. The fraction of sp³-hybridized carbons (Fsp3) is 0.273. The largest absolute Gasteiger partial charge is 0.477 e. The van der Waals surface area contributed by atoms with E-state index in [1.54, 1.807) is 6.07 Å². The molecular formula is C11H11Cl2NO4. The lowest BCUT2D eigenvalue weighted by molar-refractivity contribution is -0.154. The van der Waals surface area contributed by atoms with Gasteiger partial charge in [-0.15, -0.1) is 0 Å². The van der Waals surface area contributed by atoms with E-state index >= 15 is 0 Å². The highest BCUT2D eigenvalue weighted by Gasteiger charge is 2.18. The summed E-state index contributed by atoms with van der Waals surface area (Å²) in [5.41, 5.74) is 4.84. The van der Waals surface area contributed by atoms with Crippen LogP contribution in [-0.4, -0.2) is 24.6 Å². The second kappa shape index (κ2) is 6.47. The summed E-state index contributed by atoms with van der Waals surface area (Å²) in [5, 5.41) is 0.730. The minimum Gasteiger partial charge on any atom is -0.477 e. The van der Waals surface area contributed by atoms with Crippen molar-refractivity contribution >= 4 is 35.1 Å². The predicted molar refractivity (Wildman–Crippen MR) is 66.7 cm³/mol. The Bertz CT molecular complexity index is 464. The molecule has 18 heavy (non-hydrogen) atoms. The van der Waals surface area contributed by atoms with Gasteiger partial charge in [0.05, 0.1) is 5.02 Å². The number of nitrogens with two attached hydrogens (primary N) is 1.